The summed E-state index contributed by atoms with van der Waals surface area (Å²) in [7, 11) is 0. The first-order valence-electron chi connectivity index (χ1n) is 5.63. The zero-order valence-corrected chi connectivity index (χ0v) is 12.9. The number of halogens is 4. The molecule has 0 bridgehead atoms. The van der Waals surface area contributed by atoms with E-state index in [1.807, 2.05) is 6.07 Å². The van der Waals surface area contributed by atoms with Gasteiger partial charge in [-0.05, 0) is 30.3 Å². The van der Waals surface area contributed by atoms with Crippen LogP contribution in [0.4, 0.5) is 0 Å². The molecule has 20 heavy (non-hydrogen) atoms. The first-order chi connectivity index (χ1) is 9.56. The van der Waals surface area contributed by atoms with Gasteiger partial charge in [-0.2, -0.15) is 0 Å². The molecule has 2 nitrogen and oxygen atoms in total. The minimum Gasteiger partial charge on any atom is -0.228 e. The van der Waals surface area contributed by atoms with Gasteiger partial charge in [0.25, 0.3) is 0 Å². The van der Waals surface area contributed by atoms with Crippen LogP contribution in [0.15, 0.2) is 36.4 Å². The van der Waals surface area contributed by atoms with E-state index in [0.717, 1.165) is 0 Å². The van der Waals surface area contributed by atoms with Crippen molar-refractivity contribution in [2.45, 2.75) is 0 Å². The fourth-order valence-electron chi connectivity index (χ4n) is 1.89. The fourth-order valence-corrected chi connectivity index (χ4v) is 2.97. The predicted molar refractivity (Wildman–Crippen MR) is 85.0 cm³/mol. The molecule has 1 aromatic heterocycles. The van der Waals surface area contributed by atoms with Gasteiger partial charge in [0.1, 0.15) is 5.15 Å². The molecular formula is C14H6Cl4N2. The molecule has 0 aliphatic heterocycles. The minimum absolute atomic E-state index is 0.293. The number of aromatic nitrogens is 2. The van der Waals surface area contributed by atoms with Gasteiger partial charge in [0.05, 0.1) is 20.9 Å². The number of benzene rings is 2. The molecular weight excluding hydrogens is 338 g/mol. The average molecular weight is 344 g/mol. The highest BCUT2D eigenvalue weighted by Gasteiger charge is 2.12. The lowest BCUT2D eigenvalue weighted by molar-refractivity contribution is 1.23. The van der Waals surface area contributed by atoms with Gasteiger partial charge in [-0.15, -0.1) is 0 Å². The Kier molecular flexibility index (Phi) is 3.74. The molecule has 100 valence electrons. The Balaban J connectivity index is 2.28. The van der Waals surface area contributed by atoms with Crippen molar-refractivity contribution in [3.63, 3.8) is 0 Å². The summed E-state index contributed by atoms with van der Waals surface area (Å²) in [6.07, 6.45) is 0. The van der Waals surface area contributed by atoms with Crippen molar-refractivity contribution in [2.75, 3.05) is 0 Å². The summed E-state index contributed by atoms with van der Waals surface area (Å²) in [5.41, 5.74) is 1.33. The number of hydrogen-bond donors (Lipinski definition) is 0. The highest BCUT2D eigenvalue weighted by atomic mass is 35.5. The molecule has 6 heteroatoms. The van der Waals surface area contributed by atoms with Crippen LogP contribution in [-0.4, -0.2) is 9.97 Å². The minimum atomic E-state index is 0.293. The van der Waals surface area contributed by atoms with E-state index in [9.17, 15) is 0 Å². The Morgan fingerprint density at radius 3 is 2.35 bits per heavy atom. The van der Waals surface area contributed by atoms with E-state index < -0.39 is 0 Å². The Hall–Kier alpha value is -1.06. The highest BCUT2D eigenvalue weighted by molar-refractivity contribution is 6.41. The molecule has 0 radical (unpaired) electrons. The molecule has 0 amide bonds. The van der Waals surface area contributed by atoms with E-state index in [0.29, 0.717) is 42.5 Å². The Morgan fingerprint density at radius 2 is 1.60 bits per heavy atom. The van der Waals surface area contributed by atoms with Crippen molar-refractivity contribution in [3.05, 3.63) is 56.6 Å². The number of rotatable bonds is 1. The molecule has 0 N–H and O–H groups in total. The van der Waals surface area contributed by atoms with E-state index in [1.54, 1.807) is 30.3 Å². The molecule has 1 heterocycles. The third-order valence-electron chi connectivity index (χ3n) is 2.80. The number of hydrogen-bond acceptors (Lipinski definition) is 2. The third-order valence-corrected chi connectivity index (χ3v) is 3.94. The molecule has 0 saturated heterocycles. The molecule has 0 aliphatic rings. The lowest BCUT2D eigenvalue weighted by atomic mass is 10.2. The Labute approximate surface area is 135 Å². The molecule has 0 saturated carbocycles. The molecule has 2 aromatic carbocycles. The lowest BCUT2D eigenvalue weighted by Crippen LogP contribution is -1.93. The van der Waals surface area contributed by atoms with Crippen LogP contribution >= 0.6 is 46.4 Å². The van der Waals surface area contributed by atoms with Crippen LogP contribution in [0.1, 0.15) is 0 Å². The molecule has 0 aliphatic carbocycles. The molecule has 0 spiro atoms. The smallest absolute Gasteiger partial charge is 0.162 e. The molecule has 3 aromatic rings. The summed E-state index contributed by atoms with van der Waals surface area (Å²) < 4.78 is 0. The van der Waals surface area contributed by atoms with Crippen molar-refractivity contribution in [3.8, 4) is 11.4 Å². The summed E-state index contributed by atoms with van der Waals surface area (Å²) in [4.78, 5) is 8.72. The summed E-state index contributed by atoms with van der Waals surface area (Å²) in [6, 6.07) is 10.5. The number of fused-ring (bicyclic) bond motifs is 1. The summed E-state index contributed by atoms with van der Waals surface area (Å²) in [5, 5.41) is 2.45. The van der Waals surface area contributed by atoms with Crippen molar-refractivity contribution in [1.82, 2.24) is 9.97 Å². The maximum Gasteiger partial charge on any atom is 0.162 e. The zero-order chi connectivity index (χ0) is 14.3. The van der Waals surface area contributed by atoms with Crippen LogP contribution in [0, 0.1) is 0 Å². The predicted octanol–water partition coefficient (Wildman–Crippen LogP) is 5.91. The van der Waals surface area contributed by atoms with E-state index in [1.165, 1.54) is 0 Å². The van der Waals surface area contributed by atoms with Crippen LogP contribution in [0.3, 0.4) is 0 Å². The first kappa shape index (κ1) is 13.9. The zero-order valence-electron chi connectivity index (χ0n) is 9.87. The SMILES string of the molecule is Clc1ccc(-c2nc(Cl)c3c(Cl)cccc3n2)c(Cl)c1. The van der Waals surface area contributed by atoms with Crippen molar-refractivity contribution >= 4 is 57.3 Å². The Morgan fingerprint density at radius 1 is 0.800 bits per heavy atom. The van der Waals surface area contributed by atoms with Crippen LogP contribution in [-0.2, 0) is 0 Å². The maximum absolute atomic E-state index is 6.20. The van der Waals surface area contributed by atoms with Gasteiger partial charge in [0.2, 0.25) is 0 Å². The molecule has 3 rings (SSSR count). The monoisotopic (exact) mass is 342 g/mol. The summed E-state index contributed by atoms with van der Waals surface area (Å²) in [6.45, 7) is 0. The third kappa shape index (κ3) is 2.45. The second-order valence-electron chi connectivity index (χ2n) is 4.10. The second-order valence-corrected chi connectivity index (χ2v) is 5.71. The molecule has 0 atom stereocenters. The van der Waals surface area contributed by atoms with Crippen molar-refractivity contribution < 1.29 is 0 Å². The first-order valence-corrected chi connectivity index (χ1v) is 7.14. The van der Waals surface area contributed by atoms with Gasteiger partial charge in [0, 0.05) is 10.6 Å². The second kappa shape index (κ2) is 5.38. The highest BCUT2D eigenvalue weighted by Crippen LogP contribution is 2.33. The largest absolute Gasteiger partial charge is 0.228 e. The molecule has 0 fully saturated rings. The lowest BCUT2D eigenvalue weighted by Gasteiger charge is -2.07. The maximum atomic E-state index is 6.20. The van der Waals surface area contributed by atoms with Gasteiger partial charge < -0.3 is 0 Å². The van der Waals surface area contributed by atoms with E-state index >= 15 is 0 Å². The fraction of sp³-hybridized carbons (Fsp3) is 0. The van der Waals surface area contributed by atoms with Crippen molar-refractivity contribution in [2.24, 2.45) is 0 Å². The quantitative estimate of drug-likeness (QED) is 0.513. The van der Waals surface area contributed by atoms with Gasteiger partial charge in [-0.25, -0.2) is 9.97 Å². The van der Waals surface area contributed by atoms with Gasteiger partial charge in [-0.1, -0.05) is 52.5 Å². The van der Waals surface area contributed by atoms with Gasteiger partial charge in [0.15, 0.2) is 5.82 Å². The molecule has 0 unspecified atom stereocenters. The van der Waals surface area contributed by atoms with Crippen molar-refractivity contribution in [1.29, 1.82) is 0 Å². The van der Waals surface area contributed by atoms with Gasteiger partial charge in [-0.3, -0.25) is 0 Å². The number of nitrogens with zero attached hydrogens (tertiary/aromatic N) is 2. The van der Waals surface area contributed by atoms with E-state index in [2.05, 4.69) is 9.97 Å². The van der Waals surface area contributed by atoms with Crippen LogP contribution in [0.5, 0.6) is 0 Å². The summed E-state index contributed by atoms with van der Waals surface area (Å²) >= 11 is 24.3. The van der Waals surface area contributed by atoms with Crippen LogP contribution in [0.2, 0.25) is 20.2 Å². The average Bonchev–Trinajstić information content (AvgIpc) is 2.38. The van der Waals surface area contributed by atoms with E-state index in [-0.39, 0.29) is 0 Å². The normalized spacial score (nSPS) is 11.0. The van der Waals surface area contributed by atoms with Gasteiger partial charge >= 0.3 is 0 Å². The Bertz CT molecular complexity index is 818. The summed E-state index contributed by atoms with van der Waals surface area (Å²) in [5.74, 6) is 0.437. The van der Waals surface area contributed by atoms with E-state index in [4.69, 9.17) is 46.4 Å². The van der Waals surface area contributed by atoms with Crippen LogP contribution < -0.4 is 0 Å². The van der Waals surface area contributed by atoms with Crippen LogP contribution in [0.25, 0.3) is 22.3 Å². The standard InChI is InChI=1S/C14H6Cl4N2/c15-7-4-5-8(10(17)6-7)14-19-11-3-1-2-9(16)12(11)13(18)20-14/h1-6H. The topological polar surface area (TPSA) is 25.8 Å².